The highest BCUT2D eigenvalue weighted by Gasteiger charge is 2.22. The smallest absolute Gasteiger partial charge is 0.243 e. The summed E-state index contributed by atoms with van der Waals surface area (Å²) in [6.45, 7) is -0.591. The van der Waals surface area contributed by atoms with E-state index in [2.05, 4.69) is 20.7 Å². The first kappa shape index (κ1) is 16.9. The van der Waals surface area contributed by atoms with E-state index in [0.717, 1.165) is 14.7 Å². The third kappa shape index (κ3) is 4.02. The van der Waals surface area contributed by atoms with Gasteiger partial charge in [0.2, 0.25) is 10.0 Å². The maximum Gasteiger partial charge on any atom is 0.243 e. The summed E-state index contributed by atoms with van der Waals surface area (Å²) in [6, 6.07) is 5.75. The third-order valence-electron chi connectivity index (χ3n) is 2.60. The molecule has 0 radical (unpaired) electrons. The first-order valence-electron chi connectivity index (χ1n) is 5.66. The zero-order valence-electron chi connectivity index (χ0n) is 10.4. The molecule has 0 unspecified atom stereocenters. The molecule has 0 aliphatic carbocycles. The van der Waals surface area contributed by atoms with Crippen molar-refractivity contribution in [1.82, 2.24) is 4.72 Å². The Kier molecular flexibility index (Phi) is 5.39. The molecule has 4 nitrogen and oxygen atoms in total. The molecule has 0 amide bonds. The van der Waals surface area contributed by atoms with Crippen LogP contribution in [0.25, 0.3) is 0 Å². The van der Waals surface area contributed by atoms with Crippen LogP contribution < -0.4 is 4.72 Å². The molecule has 1 aromatic carbocycles. The van der Waals surface area contributed by atoms with Crippen molar-refractivity contribution in [2.45, 2.75) is 18.0 Å². The number of halogens is 3. The van der Waals surface area contributed by atoms with Gasteiger partial charge in [0.25, 0.3) is 0 Å². The molecule has 0 atom stereocenters. The summed E-state index contributed by atoms with van der Waals surface area (Å²) in [5.74, 6) is -0.998. The Bertz CT molecular complexity index is 764. The lowest BCUT2D eigenvalue weighted by molar-refractivity contribution is 0.274. The van der Waals surface area contributed by atoms with E-state index in [4.69, 9.17) is 16.7 Å². The molecule has 0 aliphatic rings. The van der Waals surface area contributed by atoms with Crippen LogP contribution in [0, 0.1) is 5.82 Å². The molecule has 0 saturated heterocycles. The number of hydrogen-bond acceptors (Lipinski definition) is 4. The lowest BCUT2D eigenvalue weighted by Gasteiger charge is -2.10. The number of nitrogens with one attached hydrogen (secondary N) is 1. The molecule has 21 heavy (non-hydrogen) atoms. The summed E-state index contributed by atoms with van der Waals surface area (Å²) in [7, 11) is -4.06. The standard InChI is InChI=1S/C12H10BrClFNO3S2/c13-11-2-1-9(20-11)5-16-21(18,19)10-4-8(14)3-7(6-17)12(10)15/h1-4,16-17H,5-6H2. The number of aliphatic hydroxyl groups excluding tert-OH is 1. The van der Waals surface area contributed by atoms with Gasteiger partial charge in [0.15, 0.2) is 0 Å². The van der Waals surface area contributed by atoms with Crippen molar-refractivity contribution in [2.75, 3.05) is 0 Å². The van der Waals surface area contributed by atoms with Crippen molar-refractivity contribution < 1.29 is 17.9 Å². The van der Waals surface area contributed by atoms with Crippen LogP contribution in [0.5, 0.6) is 0 Å². The summed E-state index contributed by atoms with van der Waals surface area (Å²) in [5.41, 5.74) is -0.165. The van der Waals surface area contributed by atoms with E-state index >= 15 is 0 Å². The molecule has 2 aromatic rings. The van der Waals surface area contributed by atoms with Gasteiger partial charge in [-0.1, -0.05) is 11.6 Å². The van der Waals surface area contributed by atoms with Crippen molar-refractivity contribution in [1.29, 1.82) is 0 Å². The van der Waals surface area contributed by atoms with E-state index in [1.165, 1.54) is 17.4 Å². The number of sulfonamides is 1. The monoisotopic (exact) mass is 413 g/mol. The third-order valence-corrected chi connectivity index (χ3v) is 5.85. The minimum atomic E-state index is -4.06. The molecule has 0 aliphatic heterocycles. The number of hydrogen-bond donors (Lipinski definition) is 2. The second-order valence-corrected chi connectivity index (χ2v) is 8.78. The molecule has 0 spiro atoms. The van der Waals surface area contributed by atoms with Crippen LogP contribution in [0.4, 0.5) is 4.39 Å². The molecule has 2 N–H and O–H groups in total. The molecule has 2 rings (SSSR count). The Morgan fingerprint density at radius 3 is 2.67 bits per heavy atom. The molecule has 1 heterocycles. The SMILES string of the molecule is O=S(=O)(NCc1ccc(Br)s1)c1cc(Cl)cc(CO)c1F. The van der Waals surface area contributed by atoms with Crippen LogP contribution in [0.1, 0.15) is 10.4 Å². The van der Waals surface area contributed by atoms with Crippen LogP contribution in [-0.4, -0.2) is 13.5 Å². The minimum Gasteiger partial charge on any atom is -0.392 e. The van der Waals surface area contributed by atoms with Gasteiger partial charge in [0.05, 0.1) is 10.4 Å². The van der Waals surface area contributed by atoms with Crippen molar-refractivity contribution in [3.63, 3.8) is 0 Å². The number of thiophene rings is 1. The molecule has 114 valence electrons. The first-order valence-corrected chi connectivity index (χ1v) is 9.13. The van der Waals surface area contributed by atoms with E-state index in [0.29, 0.717) is 0 Å². The van der Waals surface area contributed by atoms with Gasteiger partial charge < -0.3 is 5.11 Å². The Morgan fingerprint density at radius 1 is 1.38 bits per heavy atom. The van der Waals surface area contributed by atoms with Crippen LogP contribution >= 0.6 is 38.9 Å². The molecule has 0 bridgehead atoms. The van der Waals surface area contributed by atoms with E-state index in [-0.39, 0.29) is 17.1 Å². The first-order chi connectivity index (χ1) is 9.83. The predicted octanol–water partition coefficient (Wildman–Crippen LogP) is 3.27. The van der Waals surface area contributed by atoms with Crippen molar-refractivity contribution >= 4 is 48.9 Å². The van der Waals surface area contributed by atoms with Crippen LogP contribution in [0.2, 0.25) is 5.02 Å². The summed E-state index contributed by atoms with van der Waals surface area (Å²) < 4.78 is 41.5. The largest absolute Gasteiger partial charge is 0.392 e. The fourth-order valence-electron chi connectivity index (χ4n) is 1.62. The molecule has 0 fully saturated rings. The highest BCUT2D eigenvalue weighted by Crippen LogP contribution is 2.25. The predicted molar refractivity (Wildman–Crippen MR) is 83.4 cm³/mol. The van der Waals surface area contributed by atoms with Gasteiger partial charge in [-0.15, -0.1) is 11.3 Å². The number of rotatable bonds is 5. The minimum absolute atomic E-state index is 0.0407. The van der Waals surface area contributed by atoms with Crippen molar-refractivity contribution in [3.05, 3.63) is 49.3 Å². The summed E-state index contributed by atoms with van der Waals surface area (Å²) in [4.78, 5) is 0.199. The Labute approximate surface area is 138 Å². The lowest BCUT2D eigenvalue weighted by atomic mass is 10.2. The van der Waals surface area contributed by atoms with E-state index in [1.54, 1.807) is 12.1 Å². The number of benzene rings is 1. The van der Waals surface area contributed by atoms with Crippen LogP contribution in [0.15, 0.2) is 32.9 Å². The van der Waals surface area contributed by atoms with E-state index in [9.17, 15) is 12.8 Å². The maximum absolute atomic E-state index is 14.0. The zero-order valence-corrected chi connectivity index (χ0v) is 14.4. The molecule has 0 saturated carbocycles. The highest BCUT2D eigenvalue weighted by atomic mass is 79.9. The van der Waals surface area contributed by atoms with Gasteiger partial charge in [-0.05, 0) is 40.2 Å². The highest BCUT2D eigenvalue weighted by molar-refractivity contribution is 9.11. The lowest BCUT2D eigenvalue weighted by Crippen LogP contribution is -2.24. The normalized spacial score (nSPS) is 11.8. The Morgan fingerprint density at radius 2 is 2.10 bits per heavy atom. The van der Waals surface area contributed by atoms with Crippen molar-refractivity contribution in [3.8, 4) is 0 Å². The van der Waals surface area contributed by atoms with Gasteiger partial charge in [0, 0.05) is 22.0 Å². The van der Waals surface area contributed by atoms with E-state index < -0.39 is 27.3 Å². The topological polar surface area (TPSA) is 66.4 Å². The Balaban J connectivity index is 2.29. The van der Waals surface area contributed by atoms with Gasteiger partial charge in [-0.3, -0.25) is 0 Å². The van der Waals surface area contributed by atoms with Gasteiger partial charge in [0.1, 0.15) is 10.7 Å². The van der Waals surface area contributed by atoms with Crippen LogP contribution in [-0.2, 0) is 23.2 Å². The molecular weight excluding hydrogens is 405 g/mol. The quantitative estimate of drug-likeness (QED) is 0.789. The van der Waals surface area contributed by atoms with Gasteiger partial charge >= 0.3 is 0 Å². The summed E-state index contributed by atoms with van der Waals surface area (Å²) in [5, 5.41) is 9.07. The second kappa shape index (κ2) is 6.72. The maximum atomic E-state index is 14.0. The van der Waals surface area contributed by atoms with Crippen molar-refractivity contribution in [2.24, 2.45) is 0 Å². The molecule has 1 aromatic heterocycles. The molecule has 9 heteroatoms. The van der Waals surface area contributed by atoms with Gasteiger partial charge in [-0.2, -0.15) is 0 Å². The van der Waals surface area contributed by atoms with E-state index in [1.807, 2.05) is 0 Å². The number of aliphatic hydroxyl groups is 1. The van der Waals surface area contributed by atoms with Gasteiger partial charge in [-0.25, -0.2) is 17.5 Å². The summed E-state index contributed by atoms with van der Waals surface area (Å²) in [6.07, 6.45) is 0. The fourth-order valence-corrected chi connectivity index (χ4v) is 4.59. The second-order valence-electron chi connectivity index (χ2n) is 4.07. The van der Waals surface area contributed by atoms with Crippen LogP contribution in [0.3, 0.4) is 0 Å². The summed E-state index contributed by atoms with van der Waals surface area (Å²) >= 11 is 10.4. The average Bonchev–Trinajstić information content (AvgIpc) is 2.84. The average molecular weight is 415 g/mol. The molecular formula is C12H10BrClFNO3S2. The zero-order chi connectivity index (χ0) is 15.6. The fraction of sp³-hybridized carbons (Fsp3) is 0.167. The Hall–Kier alpha value is -0.510.